The van der Waals surface area contributed by atoms with Gasteiger partial charge in [-0.1, -0.05) is 111 Å². The predicted molar refractivity (Wildman–Crippen MR) is 237 cm³/mol. The average Bonchev–Trinajstić information content (AvgIpc) is 3.56. The standard InChI is InChI=1S/C52H43BN2O2/c1-4-35-28-34(2)32-52(3,33-35)36-22-24-39(25-23-36)54(37-14-7-5-8-15-37)40-26-27-41-42-30-50-44(31-46(42)55(45(41)29-40)38-16-9-6-10-17-38)53-43-18-11-12-19-47(43)56-48-20-13-21-49(57-50)51(48)53/h5-27,29-31,33-34H,4,28,32H2,1-3H3. The van der Waals surface area contributed by atoms with E-state index in [1.807, 2.05) is 12.1 Å². The number of anilines is 3. The van der Waals surface area contributed by atoms with Crippen LogP contribution in [0.1, 0.15) is 45.6 Å². The molecule has 0 amide bonds. The Morgan fingerprint density at radius 1 is 0.632 bits per heavy atom. The third-order valence-electron chi connectivity index (χ3n) is 12.6. The third kappa shape index (κ3) is 5.44. The molecule has 2 atom stereocenters. The van der Waals surface area contributed by atoms with Crippen LogP contribution in [0.15, 0.2) is 169 Å². The highest BCUT2D eigenvalue weighted by molar-refractivity contribution is 6.98. The Kier molecular flexibility index (Phi) is 7.76. The van der Waals surface area contributed by atoms with E-state index in [0.29, 0.717) is 5.92 Å². The fraction of sp³-hybridized carbons (Fsp3) is 0.154. The Morgan fingerprint density at radius 3 is 2.05 bits per heavy atom. The first-order chi connectivity index (χ1) is 28.0. The maximum Gasteiger partial charge on any atom is 0.260 e. The molecule has 3 heterocycles. The highest BCUT2D eigenvalue weighted by atomic mass is 16.5. The lowest BCUT2D eigenvalue weighted by Gasteiger charge is -2.36. The molecule has 57 heavy (non-hydrogen) atoms. The Bertz CT molecular complexity index is 2880. The minimum absolute atomic E-state index is 0.00762. The number of nitrogens with zero attached hydrogens (tertiary/aromatic N) is 2. The van der Waals surface area contributed by atoms with Gasteiger partial charge in [0.2, 0.25) is 0 Å². The summed E-state index contributed by atoms with van der Waals surface area (Å²) >= 11 is 0. The molecule has 2 unspecified atom stereocenters. The molecule has 0 saturated carbocycles. The Labute approximate surface area is 334 Å². The van der Waals surface area contributed by atoms with Gasteiger partial charge in [0.25, 0.3) is 6.71 Å². The Hall–Kier alpha value is -6.46. The number of hydrogen-bond donors (Lipinski definition) is 0. The molecule has 1 aromatic heterocycles. The Morgan fingerprint density at radius 2 is 1.28 bits per heavy atom. The summed E-state index contributed by atoms with van der Waals surface area (Å²) in [6, 6.07) is 56.9. The summed E-state index contributed by atoms with van der Waals surface area (Å²) in [6.07, 6.45) is 6.05. The molecular formula is C52H43BN2O2. The molecule has 7 aromatic carbocycles. The SMILES string of the molecule is CCC1=CC(C)(c2ccc(N(c3ccccc3)c3ccc4c5cc6c(cc5n(-c5ccccc5)c4c3)B3c4ccccc4Oc4cccc(c43)O6)cc2)CC(C)C1. The maximum atomic E-state index is 6.77. The third-order valence-corrected chi connectivity index (χ3v) is 12.6. The van der Waals surface area contributed by atoms with Crippen LogP contribution in [-0.4, -0.2) is 11.3 Å². The number of hydrogen-bond acceptors (Lipinski definition) is 3. The lowest BCUT2D eigenvalue weighted by Crippen LogP contribution is -2.57. The van der Waals surface area contributed by atoms with E-state index < -0.39 is 0 Å². The number of aromatic nitrogens is 1. The first-order valence-corrected chi connectivity index (χ1v) is 20.4. The van der Waals surface area contributed by atoms with E-state index >= 15 is 0 Å². The van der Waals surface area contributed by atoms with Gasteiger partial charge in [-0.3, -0.25) is 0 Å². The van der Waals surface area contributed by atoms with Crippen LogP contribution in [0.4, 0.5) is 17.1 Å². The molecule has 0 fully saturated rings. The number of allylic oxidation sites excluding steroid dienone is 2. The van der Waals surface area contributed by atoms with E-state index in [4.69, 9.17) is 9.47 Å². The highest BCUT2D eigenvalue weighted by Crippen LogP contribution is 2.44. The summed E-state index contributed by atoms with van der Waals surface area (Å²) < 4.78 is 15.6. The minimum atomic E-state index is -0.00762. The summed E-state index contributed by atoms with van der Waals surface area (Å²) in [5.41, 5.74) is 13.1. The lowest BCUT2D eigenvalue weighted by molar-refractivity contribution is 0.381. The van der Waals surface area contributed by atoms with Gasteiger partial charge in [-0.25, -0.2) is 0 Å². The van der Waals surface area contributed by atoms with Crippen molar-refractivity contribution in [2.45, 2.75) is 45.4 Å². The quantitative estimate of drug-likeness (QED) is 0.126. The summed E-state index contributed by atoms with van der Waals surface area (Å²) in [5, 5.41) is 2.33. The first-order valence-electron chi connectivity index (χ1n) is 20.4. The van der Waals surface area contributed by atoms with E-state index in [0.717, 1.165) is 85.0 Å². The van der Waals surface area contributed by atoms with Crippen molar-refractivity contribution < 1.29 is 9.47 Å². The molecule has 0 spiro atoms. The second-order valence-electron chi connectivity index (χ2n) is 16.4. The van der Waals surface area contributed by atoms with Crippen molar-refractivity contribution in [2.24, 2.45) is 5.92 Å². The van der Waals surface area contributed by atoms with Crippen LogP contribution >= 0.6 is 0 Å². The fourth-order valence-corrected chi connectivity index (χ4v) is 10.1. The van der Waals surface area contributed by atoms with Crippen molar-refractivity contribution in [1.29, 1.82) is 0 Å². The number of rotatable bonds is 6. The molecule has 1 aliphatic carbocycles. The largest absolute Gasteiger partial charge is 0.458 e. The van der Waals surface area contributed by atoms with Crippen LogP contribution in [0, 0.1) is 5.92 Å². The van der Waals surface area contributed by atoms with Crippen LogP contribution in [0.2, 0.25) is 0 Å². The lowest BCUT2D eigenvalue weighted by atomic mass is 9.35. The topological polar surface area (TPSA) is 26.6 Å². The zero-order valence-corrected chi connectivity index (χ0v) is 32.6. The summed E-state index contributed by atoms with van der Waals surface area (Å²) in [6.45, 7) is 7.10. The van der Waals surface area contributed by atoms with E-state index in [9.17, 15) is 0 Å². The normalized spacial score (nSPS) is 17.9. The summed E-state index contributed by atoms with van der Waals surface area (Å²) in [5.74, 6) is 4.17. The molecule has 0 bridgehead atoms. The molecule has 2 aliphatic heterocycles. The van der Waals surface area contributed by atoms with Gasteiger partial charge >= 0.3 is 0 Å². The Balaban J connectivity index is 1.10. The van der Waals surface area contributed by atoms with Gasteiger partial charge in [-0.15, -0.1) is 0 Å². The van der Waals surface area contributed by atoms with Crippen LogP contribution in [-0.2, 0) is 5.41 Å². The summed E-state index contributed by atoms with van der Waals surface area (Å²) in [7, 11) is 0. The maximum absolute atomic E-state index is 6.77. The van der Waals surface area contributed by atoms with Crippen molar-refractivity contribution in [3.05, 3.63) is 175 Å². The average molecular weight is 739 g/mol. The second kappa shape index (κ2) is 13.1. The molecule has 11 rings (SSSR count). The molecule has 8 aromatic rings. The van der Waals surface area contributed by atoms with Crippen LogP contribution in [0.3, 0.4) is 0 Å². The van der Waals surface area contributed by atoms with Crippen LogP contribution < -0.4 is 30.8 Å². The van der Waals surface area contributed by atoms with Crippen molar-refractivity contribution in [3.63, 3.8) is 0 Å². The van der Waals surface area contributed by atoms with E-state index in [1.54, 1.807) is 5.57 Å². The molecule has 0 radical (unpaired) electrons. The van der Waals surface area contributed by atoms with E-state index in [1.165, 1.54) is 23.8 Å². The molecule has 276 valence electrons. The predicted octanol–water partition coefficient (Wildman–Crippen LogP) is 12.0. The fourth-order valence-electron chi connectivity index (χ4n) is 10.1. The van der Waals surface area contributed by atoms with Gasteiger partial charge in [0.1, 0.15) is 23.0 Å². The van der Waals surface area contributed by atoms with Crippen LogP contribution in [0.25, 0.3) is 27.5 Å². The highest BCUT2D eigenvalue weighted by Gasteiger charge is 2.40. The van der Waals surface area contributed by atoms with Gasteiger partial charge in [-0.2, -0.15) is 0 Å². The zero-order valence-electron chi connectivity index (χ0n) is 32.6. The molecular weight excluding hydrogens is 695 g/mol. The van der Waals surface area contributed by atoms with Gasteiger partial charge in [0.15, 0.2) is 0 Å². The zero-order chi connectivity index (χ0) is 38.3. The van der Waals surface area contributed by atoms with Gasteiger partial charge in [0, 0.05) is 44.4 Å². The van der Waals surface area contributed by atoms with Crippen molar-refractivity contribution >= 4 is 62.0 Å². The molecule has 5 heteroatoms. The first kappa shape index (κ1) is 33.8. The van der Waals surface area contributed by atoms with Gasteiger partial charge in [0.05, 0.1) is 11.0 Å². The second-order valence-corrected chi connectivity index (χ2v) is 16.4. The van der Waals surface area contributed by atoms with Crippen LogP contribution in [0.5, 0.6) is 23.0 Å². The van der Waals surface area contributed by atoms with Crippen molar-refractivity contribution in [2.75, 3.05) is 4.90 Å². The smallest absolute Gasteiger partial charge is 0.260 e. The monoisotopic (exact) mass is 738 g/mol. The van der Waals surface area contributed by atoms with Gasteiger partial charge < -0.3 is 18.9 Å². The van der Waals surface area contributed by atoms with Crippen molar-refractivity contribution in [3.8, 4) is 28.7 Å². The van der Waals surface area contributed by atoms with E-state index in [2.05, 4.69) is 182 Å². The van der Waals surface area contributed by atoms with E-state index in [-0.39, 0.29) is 12.1 Å². The number of para-hydroxylation sites is 3. The van der Waals surface area contributed by atoms with Gasteiger partial charge in [-0.05, 0) is 121 Å². The number of fused-ring (bicyclic) bond motifs is 7. The minimum Gasteiger partial charge on any atom is -0.458 e. The molecule has 3 aliphatic rings. The molecule has 0 N–H and O–H groups in total. The molecule has 4 nitrogen and oxygen atoms in total. The summed E-state index contributed by atoms with van der Waals surface area (Å²) in [4.78, 5) is 2.39. The molecule has 0 saturated heterocycles. The number of ether oxygens (including phenoxy) is 2. The van der Waals surface area contributed by atoms with Crippen molar-refractivity contribution in [1.82, 2.24) is 4.57 Å². The number of benzene rings is 7.